The third-order valence-corrected chi connectivity index (χ3v) is 7.34. The van der Waals surface area contributed by atoms with Crippen molar-refractivity contribution in [2.45, 2.75) is 46.7 Å². The third kappa shape index (κ3) is 8.59. The molecule has 0 saturated heterocycles. The molecule has 4 N–H and O–H groups in total. The number of hydrogen-bond acceptors (Lipinski definition) is 10. The van der Waals surface area contributed by atoms with E-state index >= 15 is 8.78 Å². The van der Waals surface area contributed by atoms with E-state index in [-0.39, 0.29) is 49.4 Å². The Kier molecular flexibility index (Phi) is 11.4. The molecule has 0 fully saturated rings. The number of allylic oxidation sites excluding steroid dienone is 1. The SMILES string of the molecule is CCOc1cc(F)c(Cn2nc(C3=NC(Nc4ccnc(NC(C)=O)c4)=C(OCCCOC(=O)[C@H](C)N)C=C=C3C)c3ccccc32)c(F)c1. The summed E-state index contributed by atoms with van der Waals surface area (Å²) in [6.07, 6.45) is 3.52. The maximum atomic E-state index is 15.1. The average molecular weight is 686 g/mol. The van der Waals surface area contributed by atoms with Gasteiger partial charge in [0.1, 0.15) is 40.6 Å². The molecule has 4 aromatic rings. The summed E-state index contributed by atoms with van der Waals surface area (Å²) in [6, 6.07) is 12.2. The molecule has 3 heterocycles. The van der Waals surface area contributed by atoms with Crippen molar-refractivity contribution >= 4 is 40.0 Å². The lowest BCUT2D eigenvalue weighted by molar-refractivity contribution is -0.145. The van der Waals surface area contributed by atoms with Crippen molar-refractivity contribution < 1.29 is 32.6 Å². The number of fused-ring (bicyclic) bond motifs is 1. The Morgan fingerprint density at radius 2 is 1.84 bits per heavy atom. The fourth-order valence-electron chi connectivity index (χ4n) is 4.98. The molecule has 1 aliphatic heterocycles. The van der Waals surface area contributed by atoms with Crippen molar-refractivity contribution in [2.24, 2.45) is 10.7 Å². The zero-order valence-corrected chi connectivity index (χ0v) is 28.0. The van der Waals surface area contributed by atoms with Crippen LogP contribution in [-0.2, 0) is 25.6 Å². The highest BCUT2D eigenvalue weighted by Crippen LogP contribution is 2.28. The van der Waals surface area contributed by atoms with E-state index in [1.54, 1.807) is 32.1 Å². The fourth-order valence-corrected chi connectivity index (χ4v) is 4.98. The van der Waals surface area contributed by atoms with Gasteiger partial charge in [-0.2, -0.15) is 5.10 Å². The lowest BCUT2D eigenvalue weighted by atomic mass is 10.1. The summed E-state index contributed by atoms with van der Waals surface area (Å²) in [5, 5.41) is 11.4. The van der Waals surface area contributed by atoms with Crippen molar-refractivity contribution in [2.75, 3.05) is 30.5 Å². The zero-order chi connectivity index (χ0) is 35.8. The van der Waals surface area contributed by atoms with Crippen LogP contribution < -0.4 is 21.1 Å². The number of carbonyl (C=O) groups is 2. The van der Waals surface area contributed by atoms with Gasteiger partial charge in [0, 0.05) is 66.0 Å². The molecular formula is C36H37F2N7O5. The lowest BCUT2D eigenvalue weighted by Gasteiger charge is -2.14. The predicted octanol–water partition coefficient (Wildman–Crippen LogP) is 5.60. The van der Waals surface area contributed by atoms with Crippen molar-refractivity contribution in [1.82, 2.24) is 14.8 Å². The zero-order valence-electron chi connectivity index (χ0n) is 28.0. The number of rotatable bonds is 14. The van der Waals surface area contributed by atoms with Crippen LogP contribution >= 0.6 is 0 Å². The minimum absolute atomic E-state index is 0.104. The van der Waals surface area contributed by atoms with Gasteiger partial charge < -0.3 is 30.6 Å². The van der Waals surface area contributed by atoms with E-state index in [0.717, 1.165) is 12.1 Å². The lowest BCUT2D eigenvalue weighted by Crippen LogP contribution is -2.29. The van der Waals surface area contributed by atoms with Gasteiger partial charge in [-0.05, 0) is 32.9 Å². The van der Waals surface area contributed by atoms with Crippen LogP contribution in [0, 0.1) is 11.6 Å². The number of anilines is 2. The summed E-state index contributed by atoms with van der Waals surface area (Å²) < 4.78 is 48.3. The molecule has 0 spiro atoms. The van der Waals surface area contributed by atoms with Gasteiger partial charge in [-0.15, -0.1) is 5.73 Å². The number of nitrogens with two attached hydrogens (primary N) is 1. The molecule has 14 heteroatoms. The number of nitrogens with zero attached hydrogens (tertiary/aromatic N) is 4. The van der Waals surface area contributed by atoms with Crippen LogP contribution in [0.25, 0.3) is 10.9 Å². The number of pyridine rings is 1. The van der Waals surface area contributed by atoms with Crippen LogP contribution in [0.5, 0.6) is 5.75 Å². The van der Waals surface area contributed by atoms with E-state index in [0.29, 0.717) is 51.6 Å². The molecule has 5 rings (SSSR count). The molecule has 1 amide bonds. The fraction of sp³-hybridized carbons (Fsp3) is 0.278. The molecule has 12 nitrogen and oxygen atoms in total. The minimum Gasteiger partial charge on any atom is -0.494 e. The normalized spacial score (nSPS) is 13.3. The molecule has 0 aliphatic carbocycles. The van der Waals surface area contributed by atoms with Gasteiger partial charge in [-0.3, -0.25) is 14.3 Å². The van der Waals surface area contributed by atoms with Crippen LogP contribution in [0.15, 0.2) is 88.7 Å². The van der Waals surface area contributed by atoms with E-state index in [9.17, 15) is 9.59 Å². The summed E-state index contributed by atoms with van der Waals surface area (Å²) in [5.41, 5.74) is 11.3. The summed E-state index contributed by atoms with van der Waals surface area (Å²) in [7, 11) is 0. The first-order valence-electron chi connectivity index (χ1n) is 15.9. The van der Waals surface area contributed by atoms with Gasteiger partial charge in [0.25, 0.3) is 0 Å². The Labute approximate surface area is 287 Å². The first-order chi connectivity index (χ1) is 24.0. The minimum atomic E-state index is -0.750. The molecule has 1 aliphatic rings. The number of aliphatic imine (C=N–C) groups is 1. The number of para-hydroxylation sites is 1. The van der Waals surface area contributed by atoms with Crippen LogP contribution in [-0.4, -0.2) is 58.2 Å². The number of benzene rings is 2. The van der Waals surface area contributed by atoms with E-state index in [1.807, 2.05) is 31.2 Å². The topological polar surface area (TPSA) is 155 Å². The first kappa shape index (κ1) is 35.5. The second-order valence-corrected chi connectivity index (χ2v) is 11.3. The quantitative estimate of drug-likeness (QED) is 0.0875. The highest BCUT2D eigenvalue weighted by molar-refractivity contribution is 6.18. The number of aromatic nitrogens is 3. The molecule has 50 heavy (non-hydrogen) atoms. The first-order valence-corrected chi connectivity index (χ1v) is 15.9. The maximum Gasteiger partial charge on any atom is 0.322 e. The molecule has 0 unspecified atom stereocenters. The molecular weight excluding hydrogens is 648 g/mol. The van der Waals surface area contributed by atoms with Gasteiger partial charge in [0.15, 0.2) is 11.6 Å². The van der Waals surface area contributed by atoms with Gasteiger partial charge >= 0.3 is 5.97 Å². The van der Waals surface area contributed by atoms with Crippen LogP contribution in [0.1, 0.15) is 45.4 Å². The number of amides is 1. The van der Waals surface area contributed by atoms with Crippen molar-refractivity contribution in [3.63, 3.8) is 0 Å². The number of carbonyl (C=O) groups excluding carboxylic acids is 2. The molecule has 0 saturated carbocycles. The highest BCUT2D eigenvalue weighted by atomic mass is 19.1. The molecule has 260 valence electrons. The van der Waals surface area contributed by atoms with Gasteiger partial charge in [0.05, 0.1) is 31.9 Å². The van der Waals surface area contributed by atoms with Crippen molar-refractivity contribution in [3.05, 3.63) is 107 Å². The summed E-state index contributed by atoms with van der Waals surface area (Å²) >= 11 is 0. The Morgan fingerprint density at radius 1 is 1.08 bits per heavy atom. The van der Waals surface area contributed by atoms with Crippen LogP contribution in [0.2, 0.25) is 0 Å². The van der Waals surface area contributed by atoms with Crippen LogP contribution in [0.3, 0.4) is 0 Å². The second-order valence-electron chi connectivity index (χ2n) is 11.3. The molecule has 2 aromatic carbocycles. The number of hydrogen-bond donors (Lipinski definition) is 3. The van der Waals surface area contributed by atoms with Gasteiger partial charge in [-0.1, -0.05) is 18.2 Å². The maximum absolute atomic E-state index is 15.1. The number of ether oxygens (including phenoxy) is 3. The highest BCUT2D eigenvalue weighted by Gasteiger charge is 2.22. The Balaban J connectivity index is 1.54. The summed E-state index contributed by atoms with van der Waals surface area (Å²) in [4.78, 5) is 32.6. The van der Waals surface area contributed by atoms with E-state index < -0.39 is 23.6 Å². The monoisotopic (exact) mass is 685 g/mol. The summed E-state index contributed by atoms with van der Waals surface area (Å²) in [5.74, 6) is -1.28. The van der Waals surface area contributed by atoms with E-state index in [1.165, 1.54) is 17.8 Å². The molecule has 2 aromatic heterocycles. The van der Waals surface area contributed by atoms with E-state index in [2.05, 4.69) is 21.3 Å². The van der Waals surface area contributed by atoms with Crippen LogP contribution in [0.4, 0.5) is 20.3 Å². The number of nitrogens with one attached hydrogen (secondary N) is 2. The third-order valence-electron chi connectivity index (χ3n) is 7.34. The van der Waals surface area contributed by atoms with Gasteiger partial charge in [0.2, 0.25) is 5.91 Å². The average Bonchev–Trinajstić information content (AvgIpc) is 3.35. The molecule has 0 radical (unpaired) electrons. The molecule has 0 bridgehead atoms. The van der Waals surface area contributed by atoms with Crippen molar-refractivity contribution in [3.8, 4) is 5.75 Å². The smallest absolute Gasteiger partial charge is 0.322 e. The van der Waals surface area contributed by atoms with Crippen molar-refractivity contribution in [1.29, 1.82) is 0 Å². The largest absolute Gasteiger partial charge is 0.494 e. The number of halogens is 2. The second kappa shape index (κ2) is 16.0. The van der Waals surface area contributed by atoms with E-state index in [4.69, 9.17) is 30.0 Å². The predicted molar refractivity (Wildman–Crippen MR) is 185 cm³/mol. The summed E-state index contributed by atoms with van der Waals surface area (Å²) in [6.45, 7) is 6.82. The number of esters is 1. The molecule has 1 atom stereocenters. The van der Waals surface area contributed by atoms with Gasteiger partial charge in [-0.25, -0.2) is 18.8 Å². The Hall–Kier alpha value is -5.85. The standard InChI is InChI=1S/C36H37F2N7O5/c1-5-48-25-18-28(37)27(29(38)19-25)20-45-30-10-7-6-9-26(30)34(44-45)33-21(2)11-12-31(49-15-8-16-50-36(47)22(3)39)35(43-33)42-24-13-14-40-32(17-24)41-23(4)46/h6-7,9-10,12-14,17-19,22H,5,8,15-16,20,39H2,1-4H3,(H2,40,41,42,46)/t22-/m0/s1. The Bertz CT molecular complexity index is 2020. The Morgan fingerprint density at radius 3 is 2.56 bits per heavy atom.